The molecule has 1 aliphatic rings. The predicted octanol–water partition coefficient (Wildman–Crippen LogP) is 1.75. The van der Waals surface area contributed by atoms with Crippen LogP contribution in [0.15, 0.2) is 64.6 Å². The SMILES string of the molecule is CN=C(NCc1ccccc1-n1cccn1)N1CCN(Cc2ccon2)CC1. The Morgan fingerprint density at radius 2 is 2.00 bits per heavy atom. The Kier molecular flexibility index (Phi) is 5.67. The number of para-hydroxylation sites is 1. The van der Waals surface area contributed by atoms with Crippen molar-refractivity contribution in [1.29, 1.82) is 0 Å². The van der Waals surface area contributed by atoms with E-state index in [0.29, 0.717) is 6.54 Å². The van der Waals surface area contributed by atoms with Crippen LogP contribution in [0, 0.1) is 0 Å². The van der Waals surface area contributed by atoms with Crippen LogP contribution in [0.5, 0.6) is 0 Å². The van der Waals surface area contributed by atoms with Gasteiger partial charge in [0.1, 0.15) is 6.26 Å². The molecule has 1 N–H and O–H groups in total. The third-order valence-corrected chi connectivity index (χ3v) is 4.94. The van der Waals surface area contributed by atoms with Crippen molar-refractivity contribution >= 4 is 5.96 Å². The van der Waals surface area contributed by atoms with E-state index in [1.54, 1.807) is 12.5 Å². The summed E-state index contributed by atoms with van der Waals surface area (Å²) >= 11 is 0. The second-order valence-corrected chi connectivity index (χ2v) is 6.73. The van der Waals surface area contributed by atoms with Gasteiger partial charge in [-0.15, -0.1) is 0 Å². The second kappa shape index (κ2) is 8.71. The van der Waals surface area contributed by atoms with E-state index in [1.165, 1.54) is 5.56 Å². The number of benzene rings is 1. The molecule has 146 valence electrons. The van der Waals surface area contributed by atoms with Crippen molar-refractivity contribution in [1.82, 2.24) is 30.1 Å². The molecule has 3 aromatic rings. The maximum absolute atomic E-state index is 4.92. The van der Waals surface area contributed by atoms with Gasteiger partial charge in [0.25, 0.3) is 0 Å². The van der Waals surface area contributed by atoms with Crippen molar-refractivity contribution < 1.29 is 4.52 Å². The number of guanidine groups is 1. The van der Waals surface area contributed by atoms with Gasteiger partial charge in [0.15, 0.2) is 5.96 Å². The highest BCUT2D eigenvalue weighted by Gasteiger charge is 2.20. The topological polar surface area (TPSA) is 74.7 Å². The molecule has 8 nitrogen and oxygen atoms in total. The number of hydrogen-bond donors (Lipinski definition) is 1. The van der Waals surface area contributed by atoms with E-state index in [0.717, 1.165) is 50.1 Å². The summed E-state index contributed by atoms with van der Waals surface area (Å²) in [7, 11) is 1.84. The largest absolute Gasteiger partial charge is 0.364 e. The molecule has 0 aliphatic carbocycles. The maximum Gasteiger partial charge on any atom is 0.194 e. The van der Waals surface area contributed by atoms with Crippen LogP contribution in [-0.4, -0.2) is 63.9 Å². The Hall–Kier alpha value is -3.13. The zero-order chi connectivity index (χ0) is 19.2. The minimum Gasteiger partial charge on any atom is -0.364 e. The summed E-state index contributed by atoms with van der Waals surface area (Å²) in [6, 6.07) is 12.1. The van der Waals surface area contributed by atoms with Crippen LogP contribution < -0.4 is 5.32 Å². The number of nitrogens with one attached hydrogen (secondary N) is 1. The van der Waals surface area contributed by atoms with Gasteiger partial charge in [0, 0.05) is 64.8 Å². The lowest BCUT2D eigenvalue weighted by Gasteiger charge is -2.36. The normalized spacial score (nSPS) is 15.8. The fraction of sp³-hybridized carbons (Fsp3) is 0.350. The van der Waals surface area contributed by atoms with E-state index in [2.05, 4.69) is 48.6 Å². The number of aromatic nitrogens is 3. The van der Waals surface area contributed by atoms with E-state index in [1.807, 2.05) is 36.1 Å². The number of rotatable bonds is 5. The fourth-order valence-corrected chi connectivity index (χ4v) is 3.47. The average Bonchev–Trinajstić information content (AvgIpc) is 3.44. The van der Waals surface area contributed by atoms with Gasteiger partial charge in [0.05, 0.1) is 11.4 Å². The van der Waals surface area contributed by atoms with Gasteiger partial charge in [-0.1, -0.05) is 23.4 Å². The third-order valence-electron chi connectivity index (χ3n) is 4.94. The number of nitrogens with zero attached hydrogens (tertiary/aromatic N) is 6. The Morgan fingerprint density at radius 3 is 2.71 bits per heavy atom. The highest BCUT2D eigenvalue weighted by Crippen LogP contribution is 2.14. The first-order valence-electron chi connectivity index (χ1n) is 9.48. The molecule has 3 heterocycles. The molecule has 28 heavy (non-hydrogen) atoms. The number of hydrogen-bond acceptors (Lipinski definition) is 5. The van der Waals surface area contributed by atoms with Gasteiger partial charge in [-0.05, 0) is 17.7 Å². The molecule has 0 radical (unpaired) electrons. The van der Waals surface area contributed by atoms with Gasteiger partial charge in [-0.2, -0.15) is 5.10 Å². The monoisotopic (exact) mass is 379 g/mol. The molecule has 4 rings (SSSR count). The molecule has 2 aromatic heterocycles. The molecular weight excluding hydrogens is 354 g/mol. The van der Waals surface area contributed by atoms with Crippen molar-refractivity contribution in [3.8, 4) is 5.69 Å². The molecule has 0 saturated carbocycles. The molecule has 0 spiro atoms. The summed E-state index contributed by atoms with van der Waals surface area (Å²) < 4.78 is 6.81. The van der Waals surface area contributed by atoms with E-state index in [-0.39, 0.29) is 0 Å². The summed E-state index contributed by atoms with van der Waals surface area (Å²) in [4.78, 5) is 9.17. The summed E-state index contributed by atoms with van der Waals surface area (Å²) in [6.07, 6.45) is 5.38. The molecule has 1 aromatic carbocycles. The van der Waals surface area contributed by atoms with Gasteiger partial charge in [-0.25, -0.2) is 4.68 Å². The van der Waals surface area contributed by atoms with Crippen LogP contribution in [0.2, 0.25) is 0 Å². The van der Waals surface area contributed by atoms with Crippen LogP contribution in [0.3, 0.4) is 0 Å². The Balaban J connectivity index is 1.34. The molecule has 0 bridgehead atoms. The van der Waals surface area contributed by atoms with Crippen LogP contribution in [0.4, 0.5) is 0 Å². The lowest BCUT2D eigenvalue weighted by molar-refractivity contribution is 0.169. The summed E-state index contributed by atoms with van der Waals surface area (Å²) in [5.74, 6) is 0.927. The first kappa shape index (κ1) is 18.2. The van der Waals surface area contributed by atoms with Crippen molar-refractivity contribution in [2.75, 3.05) is 33.2 Å². The lowest BCUT2D eigenvalue weighted by atomic mass is 10.2. The van der Waals surface area contributed by atoms with E-state index < -0.39 is 0 Å². The van der Waals surface area contributed by atoms with Crippen LogP contribution in [0.1, 0.15) is 11.3 Å². The molecule has 0 unspecified atom stereocenters. The molecule has 1 fully saturated rings. The quantitative estimate of drug-likeness (QED) is 0.538. The zero-order valence-corrected chi connectivity index (χ0v) is 16.0. The first-order valence-corrected chi connectivity index (χ1v) is 9.48. The van der Waals surface area contributed by atoms with Gasteiger partial charge >= 0.3 is 0 Å². The molecule has 0 amide bonds. The van der Waals surface area contributed by atoms with Gasteiger partial charge in [0.2, 0.25) is 0 Å². The van der Waals surface area contributed by atoms with Crippen LogP contribution >= 0.6 is 0 Å². The fourth-order valence-electron chi connectivity index (χ4n) is 3.47. The van der Waals surface area contributed by atoms with Gasteiger partial charge in [-0.3, -0.25) is 9.89 Å². The second-order valence-electron chi connectivity index (χ2n) is 6.73. The summed E-state index contributed by atoms with van der Waals surface area (Å²) in [5.41, 5.74) is 3.23. The maximum atomic E-state index is 4.92. The standard InChI is InChI=1S/C20H25N7O/c1-21-20(26-12-10-25(11-13-26)16-18-7-14-28-24-18)22-15-17-5-2-3-6-19(17)27-9-4-8-23-27/h2-9,14H,10-13,15-16H2,1H3,(H,21,22). The smallest absolute Gasteiger partial charge is 0.194 e. The highest BCUT2D eigenvalue weighted by molar-refractivity contribution is 5.80. The predicted molar refractivity (Wildman–Crippen MR) is 107 cm³/mol. The van der Waals surface area contributed by atoms with E-state index in [9.17, 15) is 0 Å². The summed E-state index contributed by atoms with van der Waals surface area (Å²) in [6.45, 7) is 5.32. The summed E-state index contributed by atoms with van der Waals surface area (Å²) in [5, 5.41) is 11.9. The van der Waals surface area contributed by atoms with Gasteiger partial charge < -0.3 is 14.7 Å². The highest BCUT2D eigenvalue weighted by atomic mass is 16.5. The first-order chi connectivity index (χ1) is 13.8. The van der Waals surface area contributed by atoms with E-state index >= 15 is 0 Å². The minimum atomic E-state index is 0.696. The third kappa shape index (κ3) is 4.23. The van der Waals surface area contributed by atoms with Crippen molar-refractivity contribution in [2.24, 2.45) is 4.99 Å². The van der Waals surface area contributed by atoms with Crippen LogP contribution in [0.25, 0.3) is 5.69 Å². The Labute approximate surface area is 164 Å². The molecule has 0 atom stereocenters. The minimum absolute atomic E-state index is 0.696. The van der Waals surface area contributed by atoms with Crippen molar-refractivity contribution in [3.05, 3.63) is 66.3 Å². The molecule has 1 saturated heterocycles. The molecule has 1 aliphatic heterocycles. The number of piperazine rings is 1. The van der Waals surface area contributed by atoms with Crippen LogP contribution in [-0.2, 0) is 13.1 Å². The average molecular weight is 379 g/mol. The van der Waals surface area contributed by atoms with E-state index in [4.69, 9.17) is 4.52 Å². The lowest BCUT2D eigenvalue weighted by Crippen LogP contribution is -2.52. The Morgan fingerprint density at radius 1 is 1.14 bits per heavy atom. The molecule has 8 heteroatoms. The van der Waals surface area contributed by atoms with Crippen molar-refractivity contribution in [2.45, 2.75) is 13.1 Å². The zero-order valence-electron chi connectivity index (χ0n) is 16.0. The molecular formula is C20H25N7O. The Bertz CT molecular complexity index is 881. The van der Waals surface area contributed by atoms with Crippen molar-refractivity contribution in [3.63, 3.8) is 0 Å². The number of aliphatic imine (C=N–C) groups is 1.